The second-order valence-corrected chi connectivity index (χ2v) is 7.67. The van der Waals surface area contributed by atoms with E-state index >= 15 is 0 Å². The summed E-state index contributed by atoms with van der Waals surface area (Å²) < 4.78 is 0. The highest BCUT2D eigenvalue weighted by Gasteiger charge is 2.28. The third kappa shape index (κ3) is 3.63. The first-order chi connectivity index (χ1) is 13.7. The lowest BCUT2D eigenvalue weighted by Crippen LogP contribution is -2.51. The fraction of sp³-hybridized carbons (Fsp3) is 0.455. The van der Waals surface area contributed by atoms with Crippen molar-refractivity contribution < 1.29 is 0 Å². The molecule has 1 N–H and O–H groups in total. The molecule has 1 fully saturated rings. The quantitative estimate of drug-likeness (QED) is 0.858. The van der Waals surface area contributed by atoms with E-state index in [0.717, 1.165) is 50.1 Å². The van der Waals surface area contributed by atoms with E-state index < -0.39 is 0 Å². The summed E-state index contributed by atoms with van der Waals surface area (Å²) in [6.07, 6.45) is 4.29. The van der Waals surface area contributed by atoms with Crippen LogP contribution in [0.15, 0.2) is 41.5 Å². The summed E-state index contributed by atoms with van der Waals surface area (Å²) in [5.41, 5.74) is 2.97. The van der Waals surface area contributed by atoms with Crippen LogP contribution in [-0.4, -0.2) is 59.1 Å². The van der Waals surface area contributed by atoms with E-state index in [9.17, 15) is 0 Å². The Bertz CT molecular complexity index is 977. The summed E-state index contributed by atoms with van der Waals surface area (Å²) in [5, 5.41) is 10.3. The van der Waals surface area contributed by atoms with Crippen LogP contribution >= 0.6 is 0 Å². The Labute approximate surface area is 166 Å². The Morgan fingerprint density at radius 1 is 1.29 bits per heavy atom. The lowest BCUT2D eigenvalue weighted by Gasteiger charge is -2.42. The molecule has 0 unspecified atom stereocenters. The van der Waals surface area contributed by atoms with Crippen molar-refractivity contribution in [2.45, 2.75) is 32.4 Å². The van der Waals surface area contributed by atoms with Gasteiger partial charge < -0.3 is 14.8 Å². The van der Waals surface area contributed by atoms with Gasteiger partial charge in [-0.3, -0.25) is 4.90 Å². The SMILES string of the molecule is CCN(C1=c2cc[nH]c2=NCN1C)C1CCN(Cc2cccc(C#N)c2)CC1. The third-order valence-electron chi connectivity index (χ3n) is 5.84. The second kappa shape index (κ2) is 8.07. The van der Waals surface area contributed by atoms with E-state index in [1.165, 1.54) is 16.6 Å². The molecule has 6 nitrogen and oxygen atoms in total. The second-order valence-electron chi connectivity index (χ2n) is 7.67. The van der Waals surface area contributed by atoms with Crippen LogP contribution in [0, 0.1) is 11.3 Å². The summed E-state index contributed by atoms with van der Waals surface area (Å²) in [6, 6.07) is 12.9. The van der Waals surface area contributed by atoms with Gasteiger partial charge in [0.15, 0.2) is 0 Å². The van der Waals surface area contributed by atoms with E-state index in [0.29, 0.717) is 12.7 Å². The van der Waals surface area contributed by atoms with E-state index in [4.69, 9.17) is 5.26 Å². The van der Waals surface area contributed by atoms with Crippen molar-refractivity contribution in [2.75, 3.05) is 33.4 Å². The minimum Gasteiger partial charge on any atom is -0.355 e. The molecule has 6 heteroatoms. The first kappa shape index (κ1) is 18.6. The van der Waals surface area contributed by atoms with Crippen molar-refractivity contribution in [2.24, 2.45) is 4.99 Å². The van der Waals surface area contributed by atoms with E-state index in [1.807, 2.05) is 24.4 Å². The van der Waals surface area contributed by atoms with Crippen LogP contribution in [-0.2, 0) is 6.54 Å². The molecule has 146 valence electrons. The predicted octanol–water partition coefficient (Wildman–Crippen LogP) is 1.46. The number of hydrogen-bond acceptors (Lipinski definition) is 5. The average Bonchev–Trinajstić information content (AvgIpc) is 3.20. The molecule has 1 saturated heterocycles. The van der Waals surface area contributed by atoms with Crippen LogP contribution in [0.4, 0.5) is 0 Å². The van der Waals surface area contributed by atoms with Crippen molar-refractivity contribution in [1.82, 2.24) is 19.7 Å². The standard InChI is InChI=1S/C22H28N6/c1-3-28(22-20-7-10-24-21(20)25-16-26(22)2)19-8-11-27(12-9-19)15-18-6-4-5-17(13-18)14-23/h4-7,10,13,19H,3,8-9,11-12,15-16H2,1-2H3,(H,24,25). The molecule has 1 aromatic heterocycles. The number of nitriles is 1. The molecule has 28 heavy (non-hydrogen) atoms. The van der Waals surface area contributed by atoms with Gasteiger partial charge in [0.2, 0.25) is 0 Å². The summed E-state index contributed by atoms with van der Waals surface area (Å²) in [7, 11) is 2.13. The number of piperidine rings is 1. The molecule has 0 amide bonds. The number of fused-ring (bicyclic) bond motifs is 1. The van der Waals surface area contributed by atoms with Crippen molar-refractivity contribution in [1.29, 1.82) is 5.26 Å². The molecular weight excluding hydrogens is 348 g/mol. The molecule has 0 saturated carbocycles. The summed E-state index contributed by atoms with van der Waals surface area (Å²) in [5.74, 6) is 1.30. The third-order valence-corrected chi connectivity index (χ3v) is 5.84. The maximum absolute atomic E-state index is 9.11. The van der Waals surface area contributed by atoms with E-state index in [1.54, 1.807) is 0 Å². The van der Waals surface area contributed by atoms with Crippen LogP contribution in [0.25, 0.3) is 5.82 Å². The van der Waals surface area contributed by atoms with Gasteiger partial charge in [-0.25, -0.2) is 4.99 Å². The van der Waals surface area contributed by atoms with Crippen LogP contribution in [0.5, 0.6) is 0 Å². The maximum Gasteiger partial charge on any atom is 0.137 e. The van der Waals surface area contributed by atoms with Crippen molar-refractivity contribution in [3.63, 3.8) is 0 Å². The fourth-order valence-electron chi connectivity index (χ4n) is 4.46. The Hall–Kier alpha value is -2.78. The Morgan fingerprint density at radius 3 is 2.86 bits per heavy atom. The van der Waals surface area contributed by atoms with E-state index in [2.05, 4.69) is 56.8 Å². The number of nitrogens with one attached hydrogen (secondary N) is 1. The number of aromatic amines is 1. The van der Waals surface area contributed by atoms with Crippen LogP contribution in [0.1, 0.15) is 30.9 Å². The highest BCUT2D eigenvalue weighted by molar-refractivity contribution is 5.42. The first-order valence-corrected chi connectivity index (χ1v) is 10.1. The number of benzene rings is 1. The van der Waals surface area contributed by atoms with E-state index in [-0.39, 0.29) is 0 Å². The Morgan fingerprint density at radius 2 is 2.11 bits per heavy atom. The first-order valence-electron chi connectivity index (χ1n) is 10.1. The van der Waals surface area contributed by atoms with Gasteiger partial charge in [-0.05, 0) is 43.5 Å². The molecule has 2 aliphatic rings. The molecule has 0 atom stereocenters. The summed E-state index contributed by atoms with van der Waals surface area (Å²) >= 11 is 0. The van der Waals surface area contributed by atoms with Crippen LogP contribution in [0.2, 0.25) is 0 Å². The number of rotatable bonds is 5. The molecule has 0 radical (unpaired) electrons. The largest absolute Gasteiger partial charge is 0.355 e. The maximum atomic E-state index is 9.11. The van der Waals surface area contributed by atoms with Crippen molar-refractivity contribution in [3.05, 3.63) is 58.4 Å². The zero-order chi connectivity index (χ0) is 19.5. The fourth-order valence-corrected chi connectivity index (χ4v) is 4.46. The number of aromatic nitrogens is 1. The highest BCUT2D eigenvalue weighted by Crippen LogP contribution is 2.23. The van der Waals surface area contributed by atoms with Gasteiger partial charge in [0.1, 0.15) is 18.0 Å². The van der Waals surface area contributed by atoms with Gasteiger partial charge in [-0.1, -0.05) is 12.1 Å². The lowest BCUT2D eigenvalue weighted by atomic mass is 10.0. The normalized spacial score (nSPS) is 17.8. The monoisotopic (exact) mass is 376 g/mol. The molecule has 2 aromatic rings. The molecule has 0 aliphatic carbocycles. The Balaban J connectivity index is 1.46. The Kier molecular flexibility index (Phi) is 5.36. The summed E-state index contributed by atoms with van der Waals surface area (Å²) in [6.45, 7) is 7.04. The number of nitrogens with zero attached hydrogens (tertiary/aromatic N) is 5. The molecular formula is C22H28N6. The molecule has 0 bridgehead atoms. The van der Waals surface area contributed by atoms with Crippen LogP contribution < -0.4 is 10.7 Å². The van der Waals surface area contributed by atoms with Crippen molar-refractivity contribution in [3.8, 4) is 6.07 Å². The number of H-pyrrole nitrogens is 1. The van der Waals surface area contributed by atoms with Gasteiger partial charge >= 0.3 is 0 Å². The molecule has 4 rings (SSSR count). The van der Waals surface area contributed by atoms with Gasteiger partial charge in [0, 0.05) is 45.5 Å². The van der Waals surface area contributed by atoms with Gasteiger partial charge in [0.05, 0.1) is 16.9 Å². The highest BCUT2D eigenvalue weighted by atomic mass is 15.4. The average molecular weight is 377 g/mol. The topological polar surface area (TPSA) is 61.7 Å². The minimum atomic E-state index is 0.546. The van der Waals surface area contributed by atoms with Crippen LogP contribution in [0.3, 0.4) is 0 Å². The molecule has 2 aliphatic heterocycles. The number of hydrogen-bond donors (Lipinski definition) is 1. The lowest BCUT2D eigenvalue weighted by molar-refractivity contribution is 0.131. The molecule has 1 aromatic carbocycles. The predicted molar refractivity (Wildman–Crippen MR) is 109 cm³/mol. The zero-order valence-electron chi connectivity index (χ0n) is 16.7. The van der Waals surface area contributed by atoms with Gasteiger partial charge in [0.25, 0.3) is 0 Å². The molecule has 3 heterocycles. The van der Waals surface area contributed by atoms with Gasteiger partial charge in [-0.15, -0.1) is 0 Å². The minimum absolute atomic E-state index is 0.546. The molecule has 0 spiro atoms. The van der Waals surface area contributed by atoms with Gasteiger partial charge in [-0.2, -0.15) is 5.26 Å². The number of likely N-dealkylation sites (tertiary alicyclic amines) is 1. The zero-order valence-corrected chi connectivity index (χ0v) is 16.7. The van der Waals surface area contributed by atoms with Crippen molar-refractivity contribution >= 4 is 5.82 Å². The smallest absolute Gasteiger partial charge is 0.137 e. The summed E-state index contributed by atoms with van der Waals surface area (Å²) in [4.78, 5) is 15.2.